The summed E-state index contributed by atoms with van der Waals surface area (Å²) in [6.45, 7) is 1.60. The molecule has 0 aliphatic carbocycles. The molecule has 2 aromatic carbocycles. The van der Waals surface area contributed by atoms with Crippen molar-refractivity contribution in [2.45, 2.75) is 38.6 Å². The SMILES string of the molecule is CC(NC(=O)c1c(C(F)(F)F)nn2c1N(Cc1cccc(OC(F)(F)F)c1)CC2)c1ccc(C(=O)O)cc1. The van der Waals surface area contributed by atoms with Gasteiger partial charge in [0.05, 0.1) is 18.2 Å². The lowest BCUT2D eigenvalue weighted by Gasteiger charge is -2.21. The number of benzene rings is 2. The first-order valence-electron chi connectivity index (χ1n) is 11.1. The number of alkyl halides is 6. The third kappa shape index (κ3) is 5.84. The Morgan fingerprint density at radius 3 is 2.37 bits per heavy atom. The summed E-state index contributed by atoms with van der Waals surface area (Å²) in [7, 11) is 0. The van der Waals surface area contributed by atoms with E-state index < -0.39 is 47.5 Å². The average molecular weight is 542 g/mol. The minimum atomic E-state index is -4.96. The maximum absolute atomic E-state index is 13.9. The monoisotopic (exact) mass is 542 g/mol. The van der Waals surface area contributed by atoms with Crippen molar-refractivity contribution < 1.29 is 45.8 Å². The van der Waals surface area contributed by atoms with Crippen LogP contribution < -0.4 is 15.0 Å². The van der Waals surface area contributed by atoms with Gasteiger partial charge in [0.15, 0.2) is 5.69 Å². The quantitative estimate of drug-likeness (QED) is 0.408. The number of aromatic nitrogens is 2. The van der Waals surface area contributed by atoms with Crippen molar-refractivity contribution in [3.05, 3.63) is 76.5 Å². The van der Waals surface area contributed by atoms with Crippen LogP contribution in [0, 0.1) is 0 Å². The minimum Gasteiger partial charge on any atom is -0.478 e. The molecular weight excluding hydrogens is 522 g/mol. The minimum absolute atomic E-state index is 0.00133. The fourth-order valence-electron chi connectivity index (χ4n) is 4.14. The molecule has 202 valence electrons. The number of amides is 1. The molecule has 14 heteroatoms. The van der Waals surface area contributed by atoms with Gasteiger partial charge >= 0.3 is 18.5 Å². The van der Waals surface area contributed by atoms with Crippen LogP contribution in [0.2, 0.25) is 0 Å². The molecule has 3 aromatic rings. The van der Waals surface area contributed by atoms with Crippen molar-refractivity contribution in [2.75, 3.05) is 11.4 Å². The second-order valence-electron chi connectivity index (χ2n) is 8.51. The van der Waals surface area contributed by atoms with E-state index in [9.17, 15) is 35.9 Å². The Hall–Kier alpha value is -4.23. The zero-order valence-electron chi connectivity index (χ0n) is 19.6. The molecule has 1 aromatic heterocycles. The van der Waals surface area contributed by atoms with Crippen LogP contribution in [0.5, 0.6) is 5.75 Å². The molecule has 4 rings (SSSR count). The lowest BCUT2D eigenvalue weighted by Crippen LogP contribution is -2.31. The van der Waals surface area contributed by atoms with Crippen molar-refractivity contribution in [1.82, 2.24) is 15.1 Å². The summed E-state index contributed by atoms with van der Waals surface area (Å²) in [5.74, 6) is -2.83. The van der Waals surface area contributed by atoms with Gasteiger partial charge in [-0.3, -0.25) is 4.79 Å². The van der Waals surface area contributed by atoms with Crippen LogP contribution in [0.3, 0.4) is 0 Å². The molecule has 0 radical (unpaired) electrons. The third-order valence-corrected chi connectivity index (χ3v) is 5.81. The predicted molar refractivity (Wildman–Crippen MR) is 121 cm³/mol. The number of fused-ring (bicyclic) bond motifs is 1. The molecule has 1 atom stereocenters. The first-order valence-corrected chi connectivity index (χ1v) is 11.1. The molecule has 1 amide bonds. The van der Waals surface area contributed by atoms with Gasteiger partial charge in [0.2, 0.25) is 0 Å². The number of carbonyl (C=O) groups is 2. The number of anilines is 1. The Morgan fingerprint density at radius 2 is 1.76 bits per heavy atom. The maximum Gasteiger partial charge on any atom is 0.573 e. The third-order valence-electron chi connectivity index (χ3n) is 5.81. The highest BCUT2D eigenvalue weighted by atomic mass is 19.4. The molecule has 1 aliphatic rings. The highest BCUT2D eigenvalue weighted by Crippen LogP contribution is 2.39. The molecule has 0 spiro atoms. The molecule has 2 heterocycles. The lowest BCUT2D eigenvalue weighted by molar-refractivity contribution is -0.274. The van der Waals surface area contributed by atoms with E-state index in [-0.39, 0.29) is 31.0 Å². The molecule has 0 bridgehead atoms. The van der Waals surface area contributed by atoms with Crippen molar-refractivity contribution in [3.8, 4) is 5.75 Å². The van der Waals surface area contributed by atoms with Crippen LogP contribution in [0.1, 0.15) is 50.5 Å². The van der Waals surface area contributed by atoms with Crippen LogP contribution in [-0.2, 0) is 19.3 Å². The summed E-state index contributed by atoms with van der Waals surface area (Å²) < 4.78 is 84.3. The number of carbonyl (C=O) groups excluding carboxylic acids is 1. The summed E-state index contributed by atoms with van der Waals surface area (Å²) in [5, 5.41) is 15.1. The lowest BCUT2D eigenvalue weighted by atomic mass is 10.1. The van der Waals surface area contributed by atoms with Crippen molar-refractivity contribution >= 4 is 17.7 Å². The van der Waals surface area contributed by atoms with E-state index in [0.29, 0.717) is 11.1 Å². The van der Waals surface area contributed by atoms with Gasteiger partial charge < -0.3 is 20.1 Å². The first-order chi connectivity index (χ1) is 17.7. The van der Waals surface area contributed by atoms with Gasteiger partial charge in [-0.1, -0.05) is 24.3 Å². The van der Waals surface area contributed by atoms with Crippen molar-refractivity contribution in [1.29, 1.82) is 0 Å². The number of hydrogen-bond acceptors (Lipinski definition) is 5. The van der Waals surface area contributed by atoms with Gasteiger partial charge in [-0.15, -0.1) is 13.2 Å². The Labute approximate surface area is 211 Å². The van der Waals surface area contributed by atoms with Crippen molar-refractivity contribution in [2.24, 2.45) is 0 Å². The highest BCUT2D eigenvalue weighted by molar-refractivity contribution is 6.01. The Bertz CT molecular complexity index is 1350. The molecule has 1 aliphatic heterocycles. The number of nitrogens with zero attached hydrogens (tertiary/aromatic N) is 3. The number of ether oxygens (including phenoxy) is 1. The Balaban J connectivity index is 1.62. The van der Waals surface area contributed by atoms with E-state index in [2.05, 4.69) is 15.2 Å². The molecule has 0 saturated carbocycles. The standard InChI is InChI=1S/C24H20F6N4O4/c1-13(15-5-7-16(8-6-15)22(36)37)31-20(35)18-19(23(25,26)27)32-34-10-9-33(21(18)34)12-14-3-2-4-17(11-14)38-24(28,29)30/h2-8,11,13H,9-10,12H2,1H3,(H,31,35)(H,36,37). The number of carboxylic acids is 1. The van der Waals surface area contributed by atoms with Gasteiger partial charge in [-0.25, -0.2) is 9.48 Å². The summed E-state index contributed by atoms with van der Waals surface area (Å²) in [4.78, 5) is 25.6. The van der Waals surface area contributed by atoms with E-state index >= 15 is 0 Å². The van der Waals surface area contributed by atoms with E-state index in [1.165, 1.54) is 48.2 Å². The van der Waals surface area contributed by atoms with Crippen LogP contribution in [0.4, 0.5) is 32.2 Å². The summed E-state index contributed by atoms with van der Waals surface area (Å²) in [6, 6.07) is 9.69. The van der Waals surface area contributed by atoms with Gasteiger partial charge in [-0.05, 0) is 42.3 Å². The van der Waals surface area contributed by atoms with Crippen molar-refractivity contribution in [3.63, 3.8) is 0 Å². The van der Waals surface area contributed by atoms with E-state index in [4.69, 9.17) is 5.11 Å². The fourth-order valence-corrected chi connectivity index (χ4v) is 4.14. The zero-order valence-corrected chi connectivity index (χ0v) is 19.6. The van der Waals surface area contributed by atoms with Gasteiger partial charge in [0, 0.05) is 13.1 Å². The van der Waals surface area contributed by atoms with E-state index in [0.717, 1.165) is 16.8 Å². The topological polar surface area (TPSA) is 96.7 Å². The first kappa shape index (κ1) is 26.8. The van der Waals surface area contributed by atoms with E-state index in [1.54, 1.807) is 0 Å². The van der Waals surface area contributed by atoms with Crippen LogP contribution in [0.25, 0.3) is 0 Å². The highest BCUT2D eigenvalue weighted by Gasteiger charge is 2.44. The molecule has 8 nitrogen and oxygen atoms in total. The normalized spacial score (nSPS) is 14.2. The zero-order chi connectivity index (χ0) is 27.8. The number of rotatable bonds is 7. The van der Waals surface area contributed by atoms with Gasteiger partial charge in [0.25, 0.3) is 5.91 Å². The summed E-state index contributed by atoms with van der Waals surface area (Å²) in [5.41, 5.74) is -1.34. The number of carboxylic acid groups (broad SMARTS) is 1. The number of halogens is 6. The molecule has 38 heavy (non-hydrogen) atoms. The van der Waals surface area contributed by atoms with E-state index in [1.807, 2.05) is 0 Å². The fraction of sp³-hybridized carbons (Fsp3) is 0.292. The summed E-state index contributed by atoms with van der Waals surface area (Å²) in [6.07, 6.45) is -9.87. The molecule has 2 N–H and O–H groups in total. The van der Waals surface area contributed by atoms with Crippen LogP contribution >= 0.6 is 0 Å². The Morgan fingerprint density at radius 1 is 1.08 bits per heavy atom. The number of hydrogen-bond donors (Lipinski definition) is 2. The molecular formula is C24H20F6N4O4. The number of nitrogens with one attached hydrogen (secondary N) is 1. The van der Waals surface area contributed by atoms with Gasteiger partial charge in [0.1, 0.15) is 17.1 Å². The summed E-state index contributed by atoms with van der Waals surface area (Å²) >= 11 is 0. The second-order valence-corrected chi connectivity index (χ2v) is 8.51. The maximum atomic E-state index is 13.9. The largest absolute Gasteiger partial charge is 0.573 e. The smallest absolute Gasteiger partial charge is 0.478 e. The molecule has 0 saturated heterocycles. The predicted octanol–water partition coefficient (Wildman–Crippen LogP) is 5.01. The molecule has 1 unspecified atom stereocenters. The Kier molecular flexibility index (Phi) is 7.00. The average Bonchev–Trinajstić information content (AvgIpc) is 3.38. The molecule has 0 fully saturated rings. The second kappa shape index (κ2) is 9.91. The van der Waals surface area contributed by atoms with Crippen LogP contribution in [-0.4, -0.2) is 39.7 Å². The number of aromatic carboxylic acids is 1. The van der Waals surface area contributed by atoms with Gasteiger partial charge in [-0.2, -0.15) is 18.3 Å². The van der Waals surface area contributed by atoms with Crippen LogP contribution in [0.15, 0.2) is 48.5 Å².